The smallest absolute Gasteiger partial charge is 0.122 e. The first-order chi connectivity index (χ1) is 62.0. The van der Waals surface area contributed by atoms with Crippen molar-refractivity contribution in [1.82, 2.24) is 0 Å². The van der Waals surface area contributed by atoms with Crippen molar-refractivity contribution in [3.05, 3.63) is 443 Å². The fraction of sp³-hybridized carbons (Fsp3) is 0.386. The van der Waals surface area contributed by atoms with E-state index >= 15 is 0 Å². The third-order valence-corrected chi connectivity index (χ3v) is 24.6. The maximum atomic E-state index is 5.26. The molecule has 0 heterocycles. The minimum atomic E-state index is 1.07. The number of fused-ring (bicyclic) bond motifs is 6. The number of allylic oxidation sites excluding steroid dienone is 5. The normalized spacial score (nSPS) is 11.7. The van der Waals surface area contributed by atoms with Gasteiger partial charge in [0.15, 0.2) is 0 Å². The second kappa shape index (κ2) is 62.0. The number of aryl methyl sites for hydroxylation is 25. The fourth-order valence-corrected chi connectivity index (χ4v) is 15.8. The summed E-state index contributed by atoms with van der Waals surface area (Å²) >= 11 is 0. The Balaban J connectivity index is 0.000000217. The summed E-state index contributed by atoms with van der Waals surface area (Å²) in [6.45, 7) is 50.7. The zero-order valence-corrected chi connectivity index (χ0v) is 83.0. The van der Waals surface area contributed by atoms with Gasteiger partial charge in [-0.15, -0.1) is 19.7 Å². The molecule has 17 rings (SSSR count). The molecule has 0 amide bonds. The van der Waals surface area contributed by atoms with E-state index in [2.05, 4.69) is 349 Å². The molecule has 0 bridgehead atoms. The van der Waals surface area contributed by atoms with Crippen LogP contribution in [0.1, 0.15) is 299 Å². The van der Waals surface area contributed by atoms with Crippen molar-refractivity contribution in [2.45, 2.75) is 316 Å². The number of unbranched alkanes of at least 4 members (excludes halogenated alkanes) is 8. The van der Waals surface area contributed by atoms with Crippen molar-refractivity contribution >= 4 is 12.2 Å². The third-order valence-electron chi connectivity index (χ3n) is 24.6. The summed E-state index contributed by atoms with van der Waals surface area (Å²) in [5, 5.41) is 0. The van der Waals surface area contributed by atoms with Crippen molar-refractivity contribution in [3.63, 3.8) is 0 Å². The summed E-state index contributed by atoms with van der Waals surface area (Å²) in [7, 11) is 1.74. The number of hydrogen-bond donors (Lipinski definition) is 0. The molecule has 128 heavy (non-hydrogen) atoms. The summed E-state index contributed by atoms with van der Waals surface area (Å²) in [5.41, 5.74) is 43.6. The van der Waals surface area contributed by atoms with E-state index < -0.39 is 0 Å². The first-order valence-corrected chi connectivity index (χ1v) is 49.2. The molecule has 0 radical (unpaired) electrons. The Hall–Kier alpha value is -10.3. The topological polar surface area (TPSA) is 9.23 Å². The lowest BCUT2D eigenvalue weighted by molar-refractivity contribution is 0.405. The molecule has 11 aromatic rings. The summed E-state index contributed by atoms with van der Waals surface area (Å²) < 4.78 is 5.26. The van der Waals surface area contributed by atoms with Crippen LogP contribution in [0.5, 0.6) is 5.75 Å². The van der Waals surface area contributed by atoms with Crippen molar-refractivity contribution in [1.29, 1.82) is 0 Å². The maximum absolute atomic E-state index is 5.26. The Morgan fingerprint density at radius 2 is 0.625 bits per heavy atom. The predicted molar refractivity (Wildman–Crippen MR) is 569 cm³/mol. The second-order valence-electron chi connectivity index (χ2n) is 36.4. The van der Waals surface area contributed by atoms with Crippen LogP contribution >= 0.6 is 0 Å². The van der Waals surface area contributed by atoms with Gasteiger partial charge < -0.3 is 4.74 Å². The average Bonchev–Trinajstić information content (AvgIpc) is 0.814. The fourth-order valence-electron chi connectivity index (χ4n) is 15.8. The molecule has 1 nitrogen and oxygen atoms in total. The van der Waals surface area contributed by atoms with E-state index in [1.165, 1.54) is 274 Å². The van der Waals surface area contributed by atoms with Gasteiger partial charge in [0.2, 0.25) is 0 Å². The monoisotopic (exact) mass is 1710 g/mol. The lowest BCUT2D eigenvalue weighted by atomic mass is 9.84. The largest absolute Gasteiger partial charge is 0.496 e. The summed E-state index contributed by atoms with van der Waals surface area (Å²) in [6.07, 6.45) is 53.8. The molecule has 0 saturated heterocycles. The van der Waals surface area contributed by atoms with Crippen LogP contribution < -0.4 is 4.74 Å². The van der Waals surface area contributed by atoms with E-state index in [4.69, 9.17) is 4.74 Å². The zero-order chi connectivity index (χ0) is 92.6. The molecule has 6 aliphatic carbocycles. The summed E-state index contributed by atoms with van der Waals surface area (Å²) in [6, 6.07) is 79.5. The Bertz CT molecular complexity index is 5040. The number of ether oxygens (including phenoxy) is 1. The molecule has 6 aliphatic rings. The minimum Gasteiger partial charge on any atom is -0.496 e. The quantitative estimate of drug-likeness (QED) is 0.0368. The molecular formula is C127H166O. The summed E-state index contributed by atoms with van der Waals surface area (Å²) in [5.74, 6) is 1.08. The highest BCUT2D eigenvalue weighted by molar-refractivity contribution is 5.51. The molecule has 0 saturated carbocycles. The predicted octanol–water partition coefficient (Wildman–Crippen LogP) is 34.9. The SMILES string of the molecule is C=CCCC.C=CCCCc1ccc(C)cc1.C=CCCc1ccc(C)cc1.C=Cc1ccc(C)cc1.C=Cc1cccc(C)c1.CC(C)=CCCc1ccc(C)cc1.CCCCCCc1ccc2c(c1)CC2.CCCCCc1ccc2c(c1)CC2.CCCCc1ccc2c(c1)CC2.COc1cc(C)cc2c1CC2.Cc1cc(C)c2c(c1)CC2.Cc1ccc2c(c1)CC2. The Morgan fingerprint density at radius 3 is 0.984 bits per heavy atom. The van der Waals surface area contributed by atoms with Gasteiger partial charge in [0, 0.05) is 0 Å². The molecule has 0 atom stereocenters. The number of benzene rings is 11. The van der Waals surface area contributed by atoms with Gasteiger partial charge in [0.25, 0.3) is 0 Å². The Kier molecular flexibility index (Phi) is 51.5. The molecule has 11 aromatic carbocycles. The van der Waals surface area contributed by atoms with Gasteiger partial charge in [-0.2, -0.15) is 0 Å². The number of hydrogen-bond acceptors (Lipinski definition) is 1. The van der Waals surface area contributed by atoms with Crippen LogP contribution in [0.15, 0.2) is 281 Å². The summed E-state index contributed by atoms with van der Waals surface area (Å²) in [4.78, 5) is 0. The van der Waals surface area contributed by atoms with Crippen LogP contribution in [0.2, 0.25) is 0 Å². The van der Waals surface area contributed by atoms with E-state index in [1.54, 1.807) is 73.9 Å². The average molecular weight is 1710 g/mol. The molecule has 0 spiro atoms. The van der Waals surface area contributed by atoms with E-state index in [-0.39, 0.29) is 0 Å². The third kappa shape index (κ3) is 41.4. The van der Waals surface area contributed by atoms with Crippen LogP contribution in [0.25, 0.3) is 12.2 Å². The van der Waals surface area contributed by atoms with Gasteiger partial charge in [-0.3, -0.25) is 0 Å². The van der Waals surface area contributed by atoms with E-state index in [9.17, 15) is 0 Å². The molecule has 0 aliphatic heterocycles. The molecule has 0 aromatic heterocycles. The zero-order valence-electron chi connectivity index (χ0n) is 83.0. The molecule has 0 N–H and O–H groups in total. The minimum absolute atomic E-state index is 1.07. The van der Waals surface area contributed by atoms with Crippen molar-refractivity contribution < 1.29 is 4.74 Å². The Labute approximate surface area is 782 Å². The molecular weight excluding hydrogens is 1540 g/mol. The molecule has 0 unspecified atom stereocenters. The highest BCUT2D eigenvalue weighted by Crippen LogP contribution is 2.34. The van der Waals surface area contributed by atoms with E-state index in [0.29, 0.717) is 0 Å². The van der Waals surface area contributed by atoms with Crippen molar-refractivity contribution in [2.75, 3.05) is 7.11 Å². The molecule has 1 heteroatoms. The van der Waals surface area contributed by atoms with Crippen molar-refractivity contribution in [2.24, 2.45) is 0 Å². The van der Waals surface area contributed by atoms with Crippen LogP contribution in [0.3, 0.4) is 0 Å². The highest BCUT2D eigenvalue weighted by atomic mass is 16.5. The van der Waals surface area contributed by atoms with Gasteiger partial charge in [-0.05, 0) is 372 Å². The highest BCUT2D eigenvalue weighted by Gasteiger charge is 2.19. The maximum Gasteiger partial charge on any atom is 0.122 e. The van der Waals surface area contributed by atoms with Crippen LogP contribution in [0, 0.1) is 62.3 Å². The van der Waals surface area contributed by atoms with Crippen LogP contribution in [-0.4, -0.2) is 7.11 Å². The molecule has 680 valence electrons. The second-order valence-corrected chi connectivity index (χ2v) is 36.4. The van der Waals surface area contributed by atoms with Crippen molar-refractivity contribution in [3.8, 4) is 5.75 Å². The lowest BCUT2D eigenvalue weighted by Crippen LogP contribution is -2.10. The molecule has 0 fully saturated rings. The number of methoxy groups -OCH3 is 1. The first kappa shape index (κ1) is 106. The van der Waals surface area contributed by atoms with Gasteiger partial charge in [-0.25, -0.2) is 0 Å². The first-order valence-electron chi connectivity index (χ1n) is 49.2. The number of rotatable bonds is 27. The van der Waals surface area contributed by atoms with Crippen LogP contribution in [0.4, 0.5) is 0 Å². The van der Waals surface area contributed by atoms with E-state index in [0.717, 1.165) is 44.3 Å². The lowest BCUT2D eigenvalue weighted by Gasteiger charge is -2.22. The van der Waals surface area contributed by atoms with Gasteiger partial charge in [0.1, 0.15) is 5.75 Å². The van der Waals surface area contributed by atoms with Gasteiger partial charge in [0.05, 0.1) is 7.11 Å². The standard InChI is InChI=1S/C14H20.2C13H18.2C12H16.C11H14.C10H12O.C10H12.3C9H10.C5H10/c1-2-3-4-5-6-12-7-8-13-9-10-14(13)11-12;1-2-3-4-5-11-6-7-12-8-9-13(12)10-11;1-11(2)5-4-6-13-9-7-12(3)8-10-13;1-2-3-4-10-5-6-11-7-8-12(11)9-10;1-3-4-5-6-12-9-7-11(2)8-10-12;1-3-4-5-11-8-6-10(2)7-9-11;1-7-5-8-3-4-9(8)10(6-7)11-2;1-7-5-8(2)10-4-3-9(10)6-7;1-7-2-3-8-4-5-9(8)6-7;1-3-9-6-4-8(2)5-7-9;1-3-9-6-4-5-8(2)7-9;1-3-5-4-2/h7-8,11H,2-6,9-10H2,1H3;6-7,10H,2-5,8-9H2,1H3;5,7-10H,4,6H2,1-3H3;5-6,9H,2-4,7-8H2,1H3;3,7-10H,1,4-6H2,2H3;3,6-9H,1,4-5H2,2H3;5-6H,3-4H2,1-2H3;5-6H,3-4H2,1-2H3;2-3,6H,4-5H2,1H3;2*3-7H,1H2,2H3;3H,1,4-5H2,2H3. The van der Waals surface area contributed by atoms with E-state index in [1.807, 2.05) is 42.5 Å². The van der Waals surface area contributed by atoms with Gasteiger partial charge >= 0.3 is 0 Å². The van der Waals surface area contributed by atoms with Gasteiger partial charge in [-0.1, -0.05) is 379 Å². The van der Waals surface area contributed by atoms with Crippen LogP contribution in [-0.2, 0) is 116 Å². The Morgan fingerprint density at radius 1 is 0.266 bits per heavy atom.